The van der Waals surface area contributed by atoms with Gasteiger partial charge in [-0.2, -0.15) is 0 Å². The van der Waals surface area contributed by atoms with Crippen molar-refractivity contribution < 1.29 is 14.3 Å². The van der Waals surface area contributed by atoms with E-state index in [1.54, 1.807) is 26.0 Å². The second-order valence-corrected chi connectivity index (χ2v) is 5.28. The van der Waals surface area contributed by atoms with Crippen LogP contribution in [0.5, 0.6) is 0 Å². The van der Waals surface area contributed by atoms with Gasteiger partial charge in [-0.15, -0.1) is 0 Å². The smallest absolute Gasteiger partial charge is 0.230 e. The van der Waals surface area contributed by atoms with E-state index in [2.05, 4.69) is 5.32 Å². The van der Waals surface area contributed by atoms with Gasteiger partial charge >= 0.3 is 0 Å². The molecule has 0 aliphatic heterocycles. The first-order valence-corrected chi connectivity index (χ1v) is 6.60. The zero-order valence-corrected chi connectivity index (χ0v) is 11.7. The number of hydrogen-bond acceptors (Lipinski definition) is 2. The Balaban J connectivity index is 2.66. The third-order valence-electron chi connectivity index (χ3n) is 3.25. The number of rotatable bonds is 6. The fourth-order valence-electron chi connectivity index (χ4n) is 1.86. The molecule has 1 aromatic rings. The highest BCUT2D eigenvalue weighted by molar-refractivity contribution is 5.87. The minimum absolute atomic E-state index is 0.172. The van der Waals surface area contributed by atoms with E-state index in [-0.39, 0.29) is 18.3 Å². The van der Waals surface area contributed by atoms with Crippen molar-refractivity contribution in [3.05, 3.63) is 35.6 Å². The minimum atomic E-state index is -0.750. The molecule has 0 fully saturated rings. The quantitative estimate of drug-likeness (QED) is 0.831. The summed E-state index contributed by atoms with van der Waals surface area (Å²) in [5.41, 5.74) is -0.00371. The monoisotopic (exact) mass is 267 g/mol. The van der Waals surface area contributed by atoms with Gasteiger partial charge in [-0.1, -0.05) is 25.5 Å². The maximum absolute atomic E-state index is 12.9. The lowest BCUT2D eigenvalue weighted by molar-refractivity contribution is -0.126. The van der Waals surface area contributed by atoms with E-state index in [4.69, 9.17) is 0 Å². The van der Waals surface area contributed by atoms with Crippen molar-refractivity contribution in [2.75, 3.05) is 6.54 Å². The highest BCUT2D eigenvalue weighted by Gasteiger charge is 2.29. The topological polar surface area (TPSA) is 49.3 Å². The van der Waals surface area contributed by atoms with E-state index in [1.807, 2.05) is 6.92 Å². The van der Waals surface area contributed by atoms with Crippen LogP contribution < -0.4 is 5.32 Å². The van der Waals surface area contributed by atoms with Crippen LogP contribution in [0, 0.1) is 5.82 Å². The summed E-state index contributed by atoms with van der Waals surface area (Å²) >= 11 is 0. The van der Waals surface area contributed by atoms with Gasteiger partial charge < -0.3 is 10.4 Å². The molecule has 0 saturated carbocycles. The number of amides is 1. The summed E-state index contributed by atoms with van der Waals surface area (Å²) in [5, 5.41) is 12.3. The molecule has 0 aliphatic rings. The Hall–Kier alpha value is -1.42. The van der Waals surface area contributed by atoms with Crippen LogP contribution in [-0.2, 0) is 10.2 Å². The molecule has 0 radical (unpaired) electrons. The first kappa shape index (κ1) is 15.6. The molecule has 4 heteroatoms. The number of carbonyl (C=O) groups excluding carboxylic acids is 1. The van der Waals surface area contributed by atoms with Crippen LogP contribution in [0.25, 0.3) is 0 Å². The van der Waals surface area contributed by atoms with Gasteiger partial charge in [-0.3, -0.25) is 4.79 Å². The first-order valence-electron chi connectivity index (χ1n) is 6.60. The summed E-state index contributed by atoms with van der Waals surface area (Å²) < 4.78 is 12.9. The second kappa shape index (κ2) is 6.66. The fourth-order valence-corrected chi connectivity index (χ4v) is 1.86. The van der Waals surface area contributed by atoms with Crippen LogP contribution in [-0.4, -0.2) is 23.7 Å². The van der Waals surface area contributed by atoms with Gasteiger partial charge in [-0.05, 0) is 38.0 Å². The number of aliphatic hydroxyl groups is 1. The SMILES string of the molecule is CCCC(O)CNC(=O)C(C)(C)c1ccc(F)cc1. The molecular weight excluding hydrogens is 245 g/mol. The zero-order chi connectivity index (χ0) is 14.5. The average molecular weight is 267 g/mol. The van der Waals surface area contributed by atoms with Crippen molar-refractivity contribution in [1.82, 2.24) is 5.32 Å². The van der Waals surface area contributed by atoms with Crippen molar-refractivity contribution in [2.45, 2.75) is 45.1 Å². The van der Waals surface area contributed by atoms with Gasteiger partial charge in [-0.25, -0.2) is 4.39 Å². The molecule has 0 heterocycles. The molecule has 1 aromatic carbocycles. The van der Waals surface area contributed by atoms with E-state index in [1.165, 1.54) is 12.1 Å². The lowest BCUT2D eigenvalue weighted by Crippen LogP contribution is -2.43. The summed E-state index contributed by atoms with van der Waals surface area (Å²) in [7, 11) is 0. The molecule has 106 valence electrons. The van der Waals surface area contributed by atoms with E-state index < -0.39 is 11.5 Å². The van der Waals surface area contributed by atoms with Gasteiger partial charge in [0.05, 0.1) is 11.5 Å². The molecule has 1 rings (SSSR count). The molecule has 0 saturated heterocycles. The van der Waals surface area contributed by atoms with E-state index in [0.29, 0.717) is 6.42 Å². The predicted molar refractivity (Wildman–Crippen MR) is 73.4 cm³/mol. The van der Waals surface area contributed by atoms with Crippen LogP contribution >= 0.6 is 0 Å². The average Bonchev–Trinajstić information content (AvgIpc) is 2.36. The van der Waals surface area contributed by atoms with Crippen LogP contribution in [0.4, 0.5) is 4.39 Å². The third kappa shape index (κ3) is 4.31. The highest BCUT2D eigenvalue weighted by Crippen LogP contribution is 2.23. The van der Waals surface area contributed by atoms with Crippen LogP contribution in [0.3, 0.4) is 0 Å². The Morgan fingerprint density at radius 2 is 1.95 bits per heavy atom. The van der Waals surface area contributed by atoms with Crippen LogP contribution in [0.2, 0.25) is 0 Å². The molecule has 19 heavy (non-hydrogen) atoms. The van der Waals surface area contributed by atoms with Crippen molar-refractivity contribution >= 4 is 5.91 Å². The number of nitrogens with one attached hydrogen (secondary N) is 1. The molecule has 0 aromatic heterocycles. The molecule has 2 N–H and O–H groups in total. The standard InChI is InChI=1S/C15H22FNO2/c1-4-5-13(18)10-17-14(19)15(2,3)11-6-8-12(16)9-7-11/h6-9,13,18H,4-5,10H2,1-3H3,(H,17,19). The minimum Gasteiger partial charge on any atom is -0.391 e. The second-order valence-electron chi connectivity index (χ2n) is 5.28. The van der Waals surface area contributed by atoms with Crippen molar-refractivity contribution in [1.29, 1.82) is 0 Å². The maximum atomic E-state index is 12.9. The molecule has 1 atom stereocenters. The molecule has 0 aliphatic carbocycles. The lowest BCUT2D eigenvalue weighted by atomic mass is 9.83. The van der Waals surface area contributed by atoms with Gasteiger partial charge in [0.15, 0.2) is 0 Å². The summed E-state index contributed by atoms with van der Waals surface area (Å²) in [5.74, 6) is -0.493. The van der Waals surface area contributed by atoms with Crippen LogP contribution in [0.15, 0.2) is 24.3 Å². The number of aliphatic hydroxyl groups excluding tert-OH is 1. The van der Waals surface area contributed by atoms with Gasteiger partial charge in [0.2, 0.25) is 5.91 Å². The third-order valence-corrected chi connectivity index (χ3v) is 3.25. The lowest BCUT2D eigenvalue weighted by Gasteiger charge is -2.25. The molecule has 0 spiro atoms. The summed E-state index contributed by atoms with van der Waals surface area (Å²) in [6.07, 6.45) is 1.02. The van der Waals surface area contributed by atoms with E-state index in [0.717, 1.165) is 12.0 Å². The van der Waals surface area contributed by atoms with Crippen molar-refractivity contribution in [2.24, 2.45) is 0 Å². The molecule has 1 amide bonds. The van der Waals surface area contributed by atoms with E-state index in [9.17, 15) is 14.3 Å². The summed E-state index contributed by atoms with van der Waals surface area (Å²) in [6.45, 7) is 5.79. The normalized spacial score (nSPS) is 13.1. The Kier molecular flexibility index (Phi) is 5.48. The van der Waals surface area contributed by atoms with Crippen LogP contribution in [0.1, 0.15) is 39.2 Å². The number of benzene rings is 1. The fraction of sp³-hybridized carbons (Fsp3) is 0.533. The van der Waals surface area contributed by atoms with Gasteiger partial charge in [0.25, 0.3) is 0 Å². The summed E-state index contributed by atoms with van der Waals surface area (Å²) in [4.78, 5) is 12.1. The molecule has 1 unspecified atom stereocenters. The van der Waals surface area contributed by atoms with Gasteiger partial charge in [0, 0.05) is 6.54 Å². The largest absolute Gasteiger partial charge is 0.391 e. The highest BCUT2D eigenvalue weighted by atomic mass is 19.1. The van der Waals surface area contributed by atoms with Gasteiger partial charge in [0.1, 0.15) is 5.82 Å². The molecule has 0 bridgehead atoms. The van der Waals surface area contributed by atoms with E-state index >= 15 is 0 Å². The Labute approximate surface area is 113 Å². The number of hydrogen-bond donors (Lipinski definition) is 2. The summed E-state index contributed by atoms with van der Waals surface area (Å²) in [6, 6.07) is 5.90. The number of halogens is 1. The Morgan fingerprint density at radius 1 is 1.37 bits per heavy atom. The Bertz CT molecular complexity index is 415. The number of carbonyl (C=O) groups is 1. The molecule has 3 nitrogen and oxygen atoms in total. The maximum Gasteiger partial charge on any atom is 0.230 e. The Morgan fingerprint density at radius 3 is 2.47 bits per heavy atom. The zero-order valence-electron chi connectivity index (χ0n) is 11.7. The van der Waals surface area contributed by atoms with Crippen molar-refractivity contribution in [3.8, 4) is 0 Å². The first-order chi connectivity index (χ1) is 8.87. The molecular formula is C15H22FNO2. The predicted octanol–water partition coefficient (Wildman–Crippen LogP) is 2.38. The van der Waals surface area contributed by atoms with Crippen molar-refractivity contribution in [3.63, 3.8) is 0 Å².